The molecule has 0 saturated carbocycles. The molecule has 0 aromatic heterocycles. The molecule has 0 aliphatic heterocycles. The summed E-state index contributed by atoms with van der Waals surface area (Å²) in [6.45, 7) is 0. The zero-order valence-electron chi connectivity index (χ0n) is 7.38. The Hall–Kier alpha value is 10.7. The molecule has 0 unspecified atom stereocenters. The molecule has 0 aliphatic carbocycles. The zero-order valence-corrected chi connectivity index (χ0v) is 28.8. The van der Waals surface area contributed by atoms with Crippen LogP contribution in [0.3, 0.4) is 0 Å². The standard InChI is InChI=1S/15ClH.Er.Ho.Tm.Y.Yb/h15*1H;;;;;/q;;;;;;;;;;;;;;;5*+3/p-15. The van der Waals surface area contributed by atoms with Crippen LogP contribution in [0.1, 0.15) is 0 Å². The van der Waals surface area contributed by atoms with Gasteiger partial charge in [0.1, 0.15) is 0 Å². The summed E-state index contributed by atoms with van der Waals surface area (Å²) in [4.78, 5) is 0. The van der Waals surface area contributed by atoms with E-state index in [1.165, 1.54) is 0 Å². The molecular formula is Cl15ErHoTmYYb. The van der Waals surface area contributed by atoms with Crippen LogP contribution in [0, 0.1) is 159 Å². The summed E-state index contributed by atoms with van der Waals surface area (Å²) >= 11 is 0. The minimum absolute atomic E-state index is 0. The molecule has 158 valence electrons. The van der Waals surface area contributed by atoms with Crippen LogP contribution >= 0.6 is 0 Å². The predicted molar refractivity (Wildman–Crippen MR) is 0 cm³/mol. The summed E-state index contributed by atoms with van der Waals surface area (Å²) in [5, 5.41) is 0. The van der Waals surface area contributed by atoms with Crippen molar-refractivity contribution < 1.29 is 378 Å². The summed E-state index contributed by atoms with van der Waals surface area (Å²) in [5.41, 5.74) is 0. The van der Waals surface area contributed by atoms with E-state index in [0.29, 0.717) is 0 Å². The molecule has 0 heterocycles. The van der Waals surface area contributed by atoms with Gasteiger partial charge in [-0.1, -0.05) is 0 Å². The molecule has 0 amide bonds. The van der Waals surface area contributed by atoms with Crippen LogP contribution in [-0.4, -0.2) is 0 Å². The number of rotatable bonds is 0. The number of halogens is 15. The molecule has 0 saturated heterocycles. The molecule has 20 heteroatoms. The van der Waals surface area contributed by atoms with E-state index in [0.717, 1.165) is 0 Å². The van der Waals surface area contributed by atoms with Crippen LogP contribution in [0.15, 0.2) is 0 Å². The van der Waals surface area contributed by atoms with Gasteiger partial charge in [0.2, 0.25) is 0 Å². The van der Waals surface area contributed by atoms with Gasteiger partial charge in [-0.15, -0.1) is 0 Å². The average molecular weight is 1290 g/mol. The normalized spacial score (nSPS) is 0. The molecule has 0 nitrogen and oxygen atoms in total. The summed E-state index contributed by atoms with van der Waals surface area (Å²) in [5.74, 6) is 0. The van der Waals surface area contributed by atoms with Crippen molar-refractivity contribution in [1.29, 1.82) is 0 Å². The van der Waals surface area contributed by atoms with Crippen LogP contribution in [0.2, 0.25) is 0 Å². The maximum atomic E-state index is 0. The van der Waals surface area contributed by atoms with Gasteiger partial charge >= 0.3 is 192 Å². The van der Waals surface area contributed by atoms with Crippen molar-refractivity contribution in [2.45, 2.75) is 0 Å². The van der Waals surface area contributed by atoms with Crippen molar-refractivity contribution in [3.8, 4) is 0 Å². The summed E-state index contributed by atoms with van der Waals surface area (Å²) in [6.07, 6.45) is 0. The quantitative estimate of drug-likeness (QED) is 0.212. The fourth-order valence-corrected chi connectivity index (χ4v) is 0. The van der Waals surface area contributed by atoms with Gasteiger partial charge in [-0.3, -0.25) is 0 Å². The first-order chi connectivity index (χ1) is 0. The van der Waals surface area contributed by atoms with E-state index in [2.05, 4.69) is 0 Å². The molecule has 0 aromatic rings. The maximum absolute atomic E-state index is 0. The molecule has 20 heavy (non-hydrogen) atoms. The second-order valence-corrected chi connectivity index (χ2v) is 0. The first kappa shape index (κ1) is 236. The fraction of sp³-hybridized carbons (Fsp3) is 0. The van der Waals surface area contributed by atoms with E-state index in [-0.39, 0.29) is 378 Å². The second-order valence-electron chi connectivity index (χ2n) is 0. The van der Waals surface area contributed by atoms with Crippen molar-refractivity contribution in [1.82, 2.24) is 0 Å². The molecule has 0 bridgehead atoms. The SMILES string of the molecule is [Cl-].[Cl-].[Cl-].[Cl-].[Cl-].[Cl-].[Cl-].[Cl-].[Cl-].[Cl-].[Cl-].[Cl-].[Cl-].[Cl-].[Cl-].[Er+3].[Ho+3].[Tm+3].[Y+3].[Yb+3]. The van der Waals surface area contributed by atoms with E-state index in [1.807, 2.05) is 0 Å². The van der Waals surface area contributed by atoms with Crippen LogP contribution in [0.25, 0.3) is 0 Å². The summed E-state index contributed by atoms with van der Waals surface area (Å²) in [6, 6.07) is 0. The first-order valence-electron chi connectivity index (χ1n) is 0. The van der Waals surface area contributed by atoms with Crippen LogP contribution < -0.4 is 186 Å². The predicted octanol–water partition coefficient (Wildman–Crippen LogP) is -44.9. The Bertz CT molecular complexity index is 27.8. The van der Waals surface area contributed by atoms with Crippen molar-refractivity contribution in [2.24, 2.45) is 0 Å². The third-order valence-corrected chi connectivity index (χ3v) is 0. The van der Waals surface area contributed by atoms with Gasteiger partial charge in [0, 0.05) is 0 Å². The molecule has 0 rings (SSSR count). The van der Waals surface area contributed by atoms with Gasteiger partial charge < -0.3 is 186 Å². The third-order valence-electron chi connectivity index (χ3n) is 0. The van der Waals surface area contributed by atoms with Gasteiger partial charge in [-0.25, -0.2) is 0 Å². The van der Waals surface area contributed by atoms with Crippen LogP contribution in [0.5, 0.6) is 0 Å². The molecule has 0 aliphatic rings. The smallest absolute Gasteiger partial charge is 1.00 e. The van der Waals surface area contributed by atoms with Crippen molar-refractivity contribution >= 4 is 0 Å². The van der Waals surface area contributed by atoms with Crippen LogP contribution in [0.4, 0.5) is 0 Å². The largest absolute Gasteiger partial charge is 3.00 e. The van der Waals surface area contributed by atoms with Gasteiger partial charge in [0.25, 0.3) is 0 Å². The van der Waals surface area contributed by atoms with E-state index >= 15 is 0 Å². The van der Waals surface area contributed by atoms with E-state index < -0.39 is 0 Å². The molecule has 0 fully saturated rings. The van der Waals surface area contributed by atoms with E-state index in [4.69, 9.17) is 0 Å². The zero-order chi connectivity index (χ0) is 0. The molecule has 0 spiro atoms. The van der Waals surface area contributed by atoms with E-state index in [9.17, 15) is 0 Å². The molecule has 0 aromatic carbocycles. The van der Waals surface area contributed by atoms with E-state index in [1.54, 1.807) is 0 Å². The van der Waals surface area contributed by atoms with Crippen molar-refractivity contribution in [3.05, 3.63) is 0 Å². The summed E-state index contributed by atoms with van der Waals surface area (Å²) in [7, 11) is 0. The Morgan fingerprint density at radius 2 is 0.300 bits per heavy atom. The summed E-state index contributed by atoms with van der Waals surface area (Å²) < 4.78 is 0. The minimum Gasteiger partial charge on any atom is -1.00 e. The van der Waals surface area contributed by atoms with Crippen LogP contribution in [-0.2, 0) is 32.7 Å². The Morgan fingerprint density at radius 3 is 0.300 bits per heavy atom. The Morgan fingerprint density at radius 1 is 0.300 bits per heavy atom. The molecule has 0 N–H and O–H groups in total. The first-order valence-corrected chi connectivity index (χ1v) is 0. The molecular weight excluding hydrogens is 1290 g/mol. The van der Waals surface area contributed by atoms with Gasteiger partial charge in [0.15, 0.2) is 0 Å². The van der Waals surface area contributed by atoms with Crippen molar-refractivity contribution in [2.75, 3.05) is 0 Å². The van der Waals surface area contributed by atoms with Gasteiger partial charge in [-0.05, 0) is 0 Å². The topological polar surface area (TPSA) is 0 Å². The van der Waals surface area contributed by atoms with Gasteiger partial charge in [-0.2, -0.15) is 0 Å². The number of hydrogen-bond donors (Lipinski definition) is 0. The van der Waals surface area contributed by atoms with Gasteiger partial charge in [0.05, 0.1) is 0 Å². The fourth-order valence-electron chi connectivity index (χ4n) is 0. The maximum Gasteiger partial charge on any atom is 3.00 e. The molecule has 0 atom stereocenters. The monoisotopic (exact) mass is 1290 g/mol. The minimum atomic E-state index is 0. The Kier molecular flexibility index (Phi) is 2520. The van der Waals surface area contributed by atoms with Crippen molar-refractivity contribution in [3.63, 3.8) is 0 Å². The molecule has 2 radical (unpaired) electrons. The third kappa shape index (κ3) is 192. The second kappa shape index (κ2) is 213. The number of hydrogen-bond acceptors (Lipinski definition) is 0. The Labute approximate surface area is 367 Å². The Balaban J connectivity index is 0. The average Bonchev–Trinajstić information content (AvgIpc) is 0.